The van der Waals surface area contributed by atoms with E-state index in [9.17, 15) is 12.8 Å². The van der Waals surface area contributed by atoms with Crippen LogP contribution in [0.1, 0.15) is 5.56 Å². The molecule has 5 nitrogen and oxygen atoms in total. The second-order valence-corrected chi connectivity index (χ2v) is 6.14. The smallest absolute Gasteiger partial charge is 0.216 e. The van der Waals surface area contributed by atoms with Crippen LogP contribution in [-0.2, 0) is 25.2 Å². The van der Waals surface area contributed by atoms with Crippen molar-refractivity contribution in [3.05, 3.63) is 35.6 Å². The first-order valence-electron chi connectivity index (χ1n) is 5.86. The molecule has 2 atom stereocenters. The van der Waals surface area contributed by atoms with Crippen molar-refractivity contribution in [1.82, 2.24) is 4.72 Å². The highest BCUT2D eigenvalue weighted by molar-refractivity contribution is 7.88. The van der Waals surface area contributed by atoms with Crippen molar-refractivity contribution in [3.63, 3.8) is 0 Å². The van der Waals surface area contributed by atoms with Crippen molar-refractivity contribution in [3.8, 4) is 0 Å². The van der Waals surface area contributed by atoms with Gasteiger partial charge in [-0.15, -0.1) is 0 Å². The summed E-state index contributed by atoms with van der Waals surface area (Å²) >= 11 is 0. The molecule has 0 amide bonds. The lowest BCUT2D eigenvalue weighted by molar-refractivity contribution is 0.0761. The van der Waals surface area contributed by atoms with Crippen LogP contribution in [0.5, 0.6) is 0 Å². The third-order valence-electron chi connectivity index (χ3n) is 2.97. The van der Waals surface area contributed by atoms with Gasteiger partial charge in [-0.2, -0.15) is 0 Å². The molecule has 0 spiro atoms. The molecular weight excluding hydrogens is 273 g/mol. The van der Waals surface area contributed by atoms with E-state index in [1.54, 1.807) is 6.07 Å². The van der Waals surface area contributed by atoms with E-state index in [0.29, 0.717) is 6.61 Å². The number of halogens is 1. The molecule has 19 heavy (non-hydrogen) atoms. The molecule has 1 saturated heterocycles. The van der Waals surface area contributed by atoms with Crippen LogP contribution in [0.4, 0.5) is 4.39 Å². The zero-order chi connectivity index (χ0) is 13.9. The summed E-state index contributed by atoms with van der Waals surface area (Å²) in [7, 11) is -2.14. The Morgan fingerprint density at radius 2 is 2.16 bits per heavy atom. The summed E-state index contributed by atoms with van der Waals surface area (Å²) in [4.78, 5) is 0. The summed E-state index contributed by atoms with van der Waals surface area (Å²) in [5, 5.41) is 0. The van der Waals surface area contributed by atoms with E-state index in [0.717, 1.165) is 0 Å². The third-order valence-corrected chi connectivity index (χ3v) is 4.32. The lowest BCUT2D eigenvalue weighted by Crippen LogP contribution is -2.43. The van der Waals surface area contributed by atoms with Crippen LogP contribution in [-0.4, -0.2) is 40.9 Å². The van der Waals surface area contributed by atoms with E-state index in [1.165, 1.54) is 25.3 Å². The van der Waals surface area contributed by atoms with Gasteiger partial charge in [-0.25, -0.2) is 17.5 Å². The van der Waals surface area contributed by atoms with Gasteiger partial charge in [0.1, 0.15) is 5.82 Å². The van der Waals surface area contributed by atoms with Gasteiger partial charge in [0.05, 0.1) is 31.1 Å². The Balaban J connectivity index is 2.05. The van der Waals surface area contributed by atoms with Gasteiger partial charge in [0.2, 0.25) is 10.0 Å². The highest BCUT2D eigenvalue weighted by Crippen LogP contribution is 2.14. The lowest BCUT2D eigenvalue weighted by atomic mass is 10.2. The summed E-state index contributed by atoms with van der Waals surface area (Å²) in [5.41, 5.74) is 0.142. The molecule has 1 heterocycles. The Morgan fingerprint density at radius 3 is 2.84 bits per heavy atom. The predicted molar refractivity (Wildman–Crippen MR) is 67.6 cm³/mol. The molecule has 1 aromatic carbocycles. The maximum atomic E-state index is 13.4. The van der Waals surface area contributed by atoms with Crippen LogP contribution in [0.15, 0.2) is 24.3 Å². The van der Waals surface area contributed by atoms with Crippen molar-refractivity contribution in [2.24, 2.45) is 0 Å². The van der Waals surface area contributed by atoms with Gasteiger partial charge in [0.25, 0.3) is 0 Å². The van der Waals surface area contributed by atoms with Crippen LogP contribution >= 0.6 is 0 Å². The van der Waals surface area contributed by atoms with Crippen molar-refractivity contribution >= 4 is 10.0 Å². The average Bonchev–Trinajstić information content (AvgIpc) is 2.78. The van der Waals surface area contributed by atoms with E-state index < -0.39 is 27.6 Å². The van der Waals surface area contributed by atoms with Crippen molar-refractivity contribution in [1.29, 1.82) is 0 Å². The number of benzene rings is 1. The van der Waals surface area contributed by atoms with E-state index in [-0.39, 0.29) is 18.3 Å². The molecule has 1 aliphatic rings. The third kappa shape index (κ3) is 3.73. The van der Waals surface area contributed by atoms with Crippen molar-refractivity contribution in [2.45, 2.75) is 17.9 Å². The summed E-state index contributed by atoms with van der Waals surface area (Å²) < 4.78 is 50.2. The molecule has 0 aromatic heterocycles. The largest absolute Gasteiger partial charge is 0.377 e. The number of rotatable bonds is 5. The molecule has 7 heteroatoms. The van der Waals surface area contributed by atoms with Gasteiger partial charge in [0.15, 0.2) is 0 Å². The van der Waals surface area contributed by atoms with Crippen LogP contribution in [0.3, 0.4) is 0 Å². The molecule has 0 aliphatic carbocycles. The average molecular weight is 289 g/mol. The van der Waals surface area contributed by atoms with Gasteiger partial charge >= 0.3 is 0 Å². The quantitative estimate of drug-likeness (QED) is 0.865. The van der Waals surface area contributed by atoms with Crippen molar-refractivity contribution < 1.29 is 22.3 Å². The first kappa shape index (κ1) is 14.4. The second kappa shape index (κ2) is 5.96. The van der Waals surface area contributed by atoms with Crippen LogP contribution in [0, 0.1) is 5.82 Å². The van der Waals surface area contributed by atoms with E-state index in [1.807, 2.05) is 0 Å². The molecule has 2 rings (SSSR count). The second-order valence-electron chi connectivity index (χ2n) is 4.39. The maximum Gasteiger partial charge on any atom is 0.216 e. The van der Waals surface area contributed by atoms with Crippen LogP contribution in [0.2, 0.25) is 0 Å². The SMILES string of the molecule is CO[C@H]1COC[C@@H]1NS(=O)(=O)Cc1ccccc1F. The number of hydrogen-bond acceptors (Lipinski definition) is 4. The predicted octanol–water partition coefficient (Wildman–Crippen LogP) is 0.659. The number of ether oxygens (including phenoxy) is 2. The molecule has 1 fully saturated rings. The van der Waals surface area contributed by atoms with Crippen LogP contribution in [0.25, 0.3) is 0 Å². The molecule has 106 valence electrons. The Bertz CT molecular complexity index is 534. The number of methoxy groups -OCH3 is 1. The zero-order valence-electron chi connectivity index (χ0n) is 10.5. The minimum atomic E-state index is -3.63. The fourth-order valence-corrected chi connectivity index (χ4v) is 3.38. The fraction of sp³-hybridized carbons (Fsp3) is 0.500. The van der Waals surface area contributed by atoms with E-state index in [2.05, 4.69) is 4.72 Å². The molecule has 0 radical (unpaired) electrons. The van der Waals surface area contributed by atoms with Crippen molar-refractivity contribution in [2.75, 3.05) is 20.3 Å². The van der Waals surface area contributed by atoms with Gasteiger partial charge < -0.3 is 9.47 Å². The number of sulfonamides is 1. The number of hydrogen-bond donors (Lipinski definition) is 1. The summed E-state index contributed by atoms with van der Waals surface area (Å²) in [6.45, 7) is 0.610. The van der Waals surface area contributed by atoms with Gasteiger partial charge in [-0.3, -0.25) is 0 Å². The standard InChI is InChI=1S/C12H16FNO4S/c1-17-12-7-18-6-11(12)14-19(15,16)8-9-4-2-3-5-10(9)13/h2-5,11-12,14H,6-8H2,1H3/t11-,12-/m0/s1. The molecular formula is C12H16FNO4S. The normalized spacial score (nSPS) is 23.7. The summed E-state index contributed by atoms with van der Waals surface area (Å²) in [6.07, 6.45) is -0.310. The van der Waals surface area contributed by atoms with Gasteiger partial charge in [-0.1, -0.05) is 18.2 Å². The lowest BCUT2D eigenvalue weighted by Gasteiger charge is -2.17. The Labute approximate surface area is 111 Å². The molecule has 0 saturated carbocycles. The maximum absolute atomic E-state index is 13.4. The fourth-order valence-electron chi connectivity index (χ4n) is 1.97. The van der Waals surface area contributed by atoms with Gasteiger partial charge in [-0.05, 0) is 6.07 Å². The molecule has 1 N–H and O–H groups in total. The van der Waals surface area contributed by atoms with Gasteiger partial charge in [0, 0.05) is 12.7 Å². The monoisotopic (exact) mass is 289 g/mol. The Kier molecular flexibility index (Phi) is 4.51. The first-order valence-corrected chi connectivity index (χ1v) is 7.51. The molecule has 1 aliphatic heterocycles. The van der Waals surface area contributed by atoms with E-state index in [4.69, 9.17) is 9.47 Å². The molecule has 1 aromatic rings. The van der Waals surface area contributed by atoms with Crippen LogP contribution < -0.4 is 4.72 Å². The summed E-state index contributed by atoms with van der Waals surface area (Å²) in [5.74, 6) is -0.925. The number of nitrogens with one attached hydrogen (secondary N) is 1. The highest BCUT2D eigenvalue weighted by Gasteiger charge is 2.31. The Hall–Kier alpha value is -1.02. The molecule has 0 unspecified atom stereocenters. The van der Waals surface area contributed by atoms with E-state index >= 15 is 0 Å². The Morgan fingerprint density at radius 1 is 1.42 bits per heavy atom. The summed E-state index contributed by atoms with van der Waals surface area (Å²) in [6, 6.07) is 5.38. The minimum absolute atomic E-state index is 0.142. The minimum Gasteiger partial charge on any atom is -0.377 e. The zero-order valence-corrected chi connectivity index (χ0v) is 11.3. The topological polar surface area (TPSA) is 64.6 Å². The highest BCUT2D eigenvalue weighted by atomic mass is 32.2. The first-order chi connectivity index (χ1) is 9.02. The molecule has 0 bridgehead atoms.